The number of aromatic nitrogens is 4. The van der Waals surface area contributed by atoms with E-state index in [2.05, 4.69) is 29.4 Å². The van der Waals surface area contributed by atoms with E-state index in [1.54, 1.807) is 19.2 Å². The Labute approximate surface area is 148 Å². The third-order valence-electron chi connectivity index (χ3n) is 4.65. The van der Waals surface area contributed by atoms with Crippen molar-refractivity contribution in [3.8, 4) is 11.4 Å². The molecule has 1 atom stereocenters. The van der Waals surface area contributed by atoms with E-state index in [-0.39, 0.29) is 5.91 Å². The van der Waals surface area contributed by atoms with Crippen LogP contribution in [-0.2, 0) is 0 Å². The molecule has 1 saturated heterocycles. The first-order valence-corrected chi connectivity index (χ1v) is 8.82. The molecule has 0 bridgehead atoms. The van der Waals surface area contributed by atoms with Gasteiger partial charge in [-0.2, -0.15) is 4.68 Å². The summed E-state index contributed by atoms with van der Waals surface area (Å²) in [6.45, 7) is 5.24. The summed E-state index contributed by atoms with van der Waals surface area (Å²) in [6, 6.07) is 5.74. The van der Waals surface area contributed by atoms with Crippen LogP contribution in [0.1, 0.15) is 49.9 Å². The van der Waals surface area contributed by atoms with Gasteiger partial charge in [0.05, 0.1) is 7.11 Å². The predicted molar refractivity (Wildman–Crippen MR) is 93.8 cm³/mol. The molecule has 0 spiro atoms. The van der Waals surface area contributed by atoms with E-state index in [9.17, 15) is 4.79 Å². The van der Waals surface area contributed by atoms with E-state index in [1.807, 2.05) is 11.0 Å². The molecule has 1 aliphatic heterocycles. The minimum atomic E-state index is 0.0716. The molecule has 7 heteroatoms. The Morgan fingerprint density at radius 1 is 1.36 bits per heavy atom. The summed E-state index contributed by atoms with van der Waals surface area (Å²) >= 11 is 0. The zero-order valence-electron chi connectivity index (χ0n) is 15.1. The number of rotatable bonds is 5. The summed E-state index contributed by atoms with van der Waals surface area (Å²) < 4.78 is 6.89. The third-order valence-corrected chi connectivity index (χ3v) is 4.65. The lowest BCUT2D eigenvalue weighted by Crippen LogP contribution is -2.44. The molecule has 1 aromatic heterocycles. The van der Waals surface area contributed by atoms with Gasteiger partial charge < -0.3 is 9.64 Å². The first kappa shape index (κ1) is 17.4. The van der Waals surface area contributed by atoms with Crippen molar-refractivity contribution in [2.75, 3.05) is 13.7 Å². The molecule has 0 radical (unpaired) electrons. The highest BCUT2D eigenvalue weighted by Crippen LogP contribution is 2.27. The summed E-state index contributed by atoms with van der Waals surface area (Å²) in [5, 5.41) is 11.2. The molecule has 3 rings (SSSR count). The van der Waals surface area contributed by atoms with Crippen LogP contribution in [0.5, 0.6) is 5.75 Å². The van der Waals surface area contributed by atoms with Crippen LogP contribution in [0, 0.1) is 5.92 Å². The zero-order chi connectivity index (χ0) is 17.8. The quantitative estimate of drug-likeness (QED) is 0.834. The fourth-order valence-corrected chi connectivity index (χ4v) is 3.50. The molecule has 0 unspecified atom stereocenters. The average Bonchev–Trinajstić information content (AvgIpc) is 3.15. The maximum absolute atomic E-state index is 13.1. The van der Waals surface area contributed by atoms with E-state index in [0.717, 1.165) is 25.8 Å². The Kier molecular flexibility index (Phi) is 5.31. The Bertz CT molecular complexity index is 714. The van der Waals surface area contributed by atoms with Crippen molar-refractivity contribution in [2.24, 2.45) is 5.92 Å². The Hall–Kier alpha value is -2.44. The second kappa shape index (κ2) is 7.63. The van der Waals surface area contributed by atoms with Crippen LogP contribution in [0.2, 0.25) is 0 Å². The van der Waals surface area contributed by atoms with Gasteiger partial charge >= 0.3 is 0 Å². The molecule has 2 aromatic rings. The normalized spacial score (nSPS) is 17.8. The molecular formula is C18H25N5O2. The summed E-state index contributed by atoms with van der Waals surface area (Å²) in [7, 11) is 1.59. The van der Waals surface area contributed by atoms with Crippen LogP contribution in [0.15, 0.2) is 24.5 Å². The van der Waals surface area contributed by atoms with Crippen molar-refractivity contribution in [3.63, 3.8) is 0 Å². The number of carbonyl (C=O) groups excluding carboxylic acids is 1. The van der Waals surface area contributed by atoms with Gasteiger partial charge in [-0.1, -0.05) is 13.8 Å². The lowest BCUT2D eigenvalue weighted by atomic mass is 9.93. The molecular weight excluding hydrogens is 318 g/mol. The molecule has 7 nitrogen and oxygen atoms in total. The molecule has 1 amide bonds. The van der Waals surface area contributed by atoms with Gasteiger partial charge in [0.2, 0.25) is 0 Å². The minimum absolute atomic E-state index is 0.0716. The number of likely N-dealkylation sites (tertiary alicyclic amines) is 1. The molecule has 0 aliphatic carbocycles. The summed E-state index contributed by atoms with van der Waals surface area (Å²) in [5.74, 6) is 1.27. The zero-order valence-corrected chi connectivity index (χ0v) is 15.1. The van der Waals surface area contributed by atoms with Crippen LogP contribution in [0.25, 0.3) is 5.69 Å². The van der Waals surface area contributed by atoms with Gasteiger partial charge in [0, 0.05) is 18.2 Å². The molecule has 0 saturated carbocycles. The number of carbonyl (C=O) groups is 1. The number of nitrogens with zero attached hydrogens (tertiary/aromatic N) is 5. The highest BCUT2D eigenvalue weighted by atomic mass is 16.5. The van der Waals surface area contributed by atoms with E-state index in [4.69, 9.17) is 4.74 Å². The standard InChI is InChI=1S/C18H25N5O2/c1-13(2)10-15-6-4-5-9-22(15)18(24)14-7-8-17(25-3)16(11-14)23-12-19-20-21-23/h7-8,11-13,15H,4-6,9-10H2,1-3H3/t15-/m0/s1. The maximum Gasteiger partial charge on any atom is 0.254 e. The van der Waals surface area contributed by atoms with Crippen molar-refractivity contribution in [3.05, 3.63) is 30.1 Å². The highest BCUT2D eigenvalue weighted by Gasteiger charge is 2.28. The van der Waals surface area contributed by atoms with Crippen LogP contribution >= 0.6 is 0 Å². The van der Waals surface area contributed by atoms with Gasteiger partial charge in [-0.25, -0.2) is 0 Å². The van der Waals surface area contributed by atoms with E-state index in [1.165, 1.54) is 17.4 Å². The van der Waals surface area contributed by atoms with Gasteiger partial charge in [-0.15, -0.1) is 5.10 Å². The average molecular weight is 343 g/mol. The van der Waals surface area contributed by atoms with Gasteiger partial charge in [0.25, 0.3) is 5.91 Å². The largest absolute Gasteiger partial charge is 0.494 e. The van der Waals surface area contributed by atoms with Crippen molar-refractivity contribution < 1.29 is 9.53 Å². The van der Waals surface area contributed by atoms with Crippen LogP contribution in [0.4, 0.5) is 0 Å². The van der Waals surface area contributed by atoms with Crippen molar-refractivity contribution in [1.82, 2.24) is 25.1 Å². The molecule has 2 heterocycles. The number of benzene rings is 1. The molecule has 1 aromatic carbocycles. The lowest BCUT2D eigenvalue weighted by Gasteiger charge is -2.37. The van der Waals surface area contributed by atoms with Crippen LogP contribution in [-0.4, -0.2) is 50.7 Å². The number of hydrogen-bond donors (Lipinski definition) is 0. The van der Waals surface area contributed by atoms with E-state index >= 15 is 0 Å². The SMILES string of the molecule is COc1ccc(C(=O)N2CCCC[C@H]2CC(C)C)cc1-n1cnnn1. The highest BCUT2D eigenvalue weighted by molar-refractivity contribution is 5.95. The van der Waals surface area contributed by atoms with Crippen LogP contribution < -0.4 is 4.74 Å². The molecule has 25 heavy (non-hydrogen) atoms. The first-order chi connectivity index (χ1) is 12.1. The third kappa shape index (κ3) is 3.81. The van der Waals surface area contributed by atoms with Gasteiger partial charge in [-0.05, 0) is 60.2 Å². The maximum atomic E-state index is 13.1. The van der Waals surface area contributed by atoms with Gasteiger partial charge in [-0.3, -0.25) is 4.79 Å². The summed E-state index contributed by atoms with van der Waals surface area (Å²) in [6.07, 6.45) is 5.88. The fourth-order valence-electron chi connectivity index (χ4n) is 3.50. The second-order valence-corrected chi connectivity index (χ2v) is 6.92. The number of amides is 1. The van der Waals surface area contributed by atoms with E-state index in [0.29, 0.717) is 29.0 Å². The lowest BCUT2D eigenvalue weighted by molar-refractivity contribution is 0.0584. The summed E-state index contributed by atoms with van der Waals surface area (Å²) in [4.78, 5) is 15.2. The molecule has 0 N–H and O–H groups in total. The number of hydrogen-bond acceptors (Lipinski definition) is 5. The molecule has 134 valence electrons. The topological polar surface area (TPSA) is 73.1 Å². The second-order valence-electron chi connectivity index (χ2n) is 6.92. The number of methoxy groups -OCH3 is 1. The Morgan fingerprint density at radius 2 is 2.20 bits per heavy atom. The Morgan fingerprint density at radius 3 is 2.88 bits per heavy atom. The van der Waals surface area contributed by atoms with Crippen LogP contribution in [0.3, 0.4) is 0 Å². The molecule has 1 fully saturated rings. The smallest absolute Gasteiger partial charge is 0.254 e. The van der Waals surface area contributed by atoms with Crippen molar-refractivity contribution >= 4 is 5.91 Å². The van der Waals surface area contributed by atoms with Gasteiger partial charge in [0.1, 0.15) is 17.8 Å². The Balaban J connectivity index is 1.90. The molecule has 1 aliphatic rings. The monoisotopic (exact) mass is 343 g/mol. The predicted octanol–water partition coefficient (Wildman–Crippen LogP) is 2.71. The number of tetrazole rings is 1. The van der Waals surface area contributed by atoms with Crippen molar-refractivity contribution in [1.29, 1.82) is 0 Å². The number of ether oxygens (including phenoxy) is 1. The minimum Gasteiger partial charge on any atom is -0.494 e. The summed E-state index contributed by atoms with van der Waals surface area (Å²) in [5.41, 5.74) is 1.30. The number of piperidine rings is 1. The van der Waals surface area contributed by atoms with Gasteiger partial charge in [0.15, 0.2) is 0 Å². The fraction of sp³-hybridized carbons (Fsp3) is 0.556. The van der Waals surface area contributed by atoms with E-state index < -0.39 is 0 Å². The first-order valence-electron chi connectivity index (χ1n) is 8.82. The van der Waals surface area contributed by atoms with Crippen molar-refractivity contribution in [2.45, 2.75) is 45.6 Å².